The van der Waals surface area contributed by atoms with Crippen LogP contribution in [0.2, 0.25) is 0 Å². The van der Waals surface area contributed by atoms with Crippen LogP contribution in [0.4, 0.5) is 19.0 Å². The van der Waals surface area contributed by atoms with Gasteiger partial charge in [0, 0.05) is 18.0 Å². The molecule has 0 bridgehead atoms. The molecule has 4 rings (SSSR count). The number of fused-ring (bicyclic) bond motifs is 1. The summed E-state index contributed by atoms with van der Waals surface area (Å²) in [6.07, 6.45) is 5.62. The zero-order valence-electron chi connectivity index (χ0n) is 15.2. The van der Waals surface area contributed by atoms with E-state index >= 15 is 0 Å². The average Bonchev–Trinajstić information content (AvgIpc) is 3.29. The largest absolute Gasteiger partial charge is 0.417 e. The summed E-state index contributed by atoms with van der Waals surface area (Å²) in [5.41, 5.74) is 0.477. The fraction of sp³-hybridized carbons (Fsp3) is 0.600. The normalized spacial score (nSPS) is 19.7. The summed E-state index contributed by atoms with van der Waals surface area (Å²) in [4.78, 5) is 17.1. The van der Waals surface area contributed by atoms with Crippen LogP contribution in [-0.4, -0.2) is 15.3 Å². The quantitative estimate of drug-likeness (QED) is 0.762. The highest BCUT2D eigenvalue weighted by Gasteiger charge is 2.33. The van der Waals surface area contributed by atoms with Crippen molar-refractivity contribution in [3.8, 4) is 0 Å². The van der Waals surface area contributed by atoms with Crippen molar-refractivity contribution in [2.75, 3.05) is 5.32 Å². The third kappa shape index (κ3) is 3.69. The summed E-state index contributed by atoms with van der Waals surface area (Å²) in [6, 6.07) is 2.44. The fourth-order valence-corrected chi connectivity index (χ4v) is 4.50. The predicted octanol–water partition coefficient (Wildman–Crippen LogP) is 5.53. The molecule has 2 aromatic heterocycles. The molecule has 0 aromatic carbocycles. The number of rotatable bonds is 3. The molecule has 2 heterocycles. The summed E-state index contributed by atoms with van der Waals surface area (Å²) < 4.78 is 41.2. The van der Waals surface area contributed by atoms with Crippen LogP contribution < -0.4 is 5.32 Å². The number of pyridine rings is 1. The van der Waals surface area contributed by atoms with Gasteiger partial charge in [-0.05, 0) is 37.8 Å². The summed E-state index contributed by atoms with van der Waals surface area (Å²) in [7, 11) is 0. The van der Waals surface area contributed by atoms with Gasteiger partial charge in [0.2, 0.25) is 5.91 Å². The monoisotopic (exact) mass is 379 g/mol. The highest BCUT2D eigenvalue weighted by molar-refractivity contribution is 5.92. The van der Waals surface area contributed by atoms with E-state index in [-0.39, 0.29) is 17.7 Å². The summed E-state index contributed by atoms with van der Waals surface area (Å²) in [6.45, 7) is 0. The van der Waals surface area contributed by atoms with Crippen LogP contribution in [0.5, 0.6) is 0 Å². The van der Waals surface area contributed by atoms with E-state index in [0.717, 1.165) is 75.7 Å². The topological polar surface area (TPSA) is 46.4 Å². The van der Waals surface area contributed by atoms with E-state index in [0.29, 0.717) is 11.5 Å². The number of hydrogen-bond donors (Lipinski definition) is 1. The number of anilines is 1. The first kappa shape index (κ1) is 18.3. The highest BCUT2D eigenvalue weighted by Crippen LogP contribution is 2.38. The predicted molar refractivity (Wildman–Crippen MR) is 96.6 cm³/mol. The van der Waals surface area contributed by atoms with Crippen molar-refractivity contribution in [3.05, 3.63) is 29.6 Å². The lowest BCUT2D eigenvalue weighted by Crippen LogP contribution is -2.22. The van der Waals surface area contributed by atoms with Crippen molar-refractivity contribution < 1.29 is 18.0 Å². The second-order valence-corrected chi connectivity index (χ2v) is 7.79. The first-order valence-corrected chi connectivity index (χ1v) is 9.83. The van der Waals surface area contributed by atoms with E-state index < -0.39 is 11.7 Å². The van der Waals surface area contributed by atoms with Gasteiger partial charge in [-0.15, -0.1) is 0 Å². The van der Waals surface area contributed by atoms with Crippen molar-refractivity contribution in [3.63, 3.8) is 0 Å². The average molecular weight is 379 g/mol. The van der Waals surface area contributed by atoms with Crippen molar-refractivity contribution in [2.45, 2.75) is 69.9 Å². The molecule has 2 aliphatic carbocycles. The zero-order valence-corrected chi connectivity index (χ0v) is 15.2. The Morgan fingerprint density at radius 2 is 1.70 bits per heavy atom. The highest BCUT2D eigenvalue weighted by atomic mass is 19.4. The van der Waals surface area contributed by atoms with Crippen LogP contribution in [0.1, 0.15) is 75.0 Å². The van der Waals surface area contributed by atoms with Gasteiger partial charge < -0.3 is 9.72 Å². The number of halogens is 3. The molecule has 0 aliphatic heterocycles. The Bertz CT molecular complexity index is 831. The van der Waals surface area contributed by atoms with Crippen molar-refractivity contribution in [1.82, 2.24) is 9.38 Å². The Morgan fingerprint density at radius 1 is 1.04 bits per heavy atom. The molecule has 2 saturated carbocycles. The molecule has 4 nitrogen and oxygen atoms in total. The van der Waals surface area contributed by atoms with Crippen LogP contribution in [0.3, 0.4) is 0 Å². The first-order valence-electron chi connectivity index (χ1n) is 9.83. The van der Waals surface area contributed by atoms with Crippen LogP contribution in [0, 0.1) is 5.92 Å². The molecule has 0 saturated heterocycles. The lowest BCUT2D eigenvalue weighted by atomic mass is 9.86. The van der Waals surface area contributed by atoms with Gasteiger partial charge in [-0.2, -0.15) is 13.2 Å². The van der Waals surface area contributed by atoms with Crippen molar-refractivity contribution in [1.29, 1.82) is 0 Å². The number of aromatic nitrogens is 2. The second kappa shape index (κ2) is 7.17. The molecular weight excluding hydrogens is 355 g/mol. The Hall–Kier alpha value is -2.05. The van der Waals surface area contributed by atoms with Gasteiger partial charge in [-0.25, -0.2) is 4.98 Å². The maximum atomic E-state index is 13.2. The van der Waals surface area contributed by atoms with Gasteiger partial charge in [-0.1, -0.05) is 32.1 Å². The number of carbonyl (C=O) groups is 1. The number of nitrogens with one attached hydrogen (secondary N) is 1. The Morgan fingerprint density at radius 3 is 2.37 bits per heavy atom. The van der Waals surface area contributed by atoms with E-state index in [1.54, 1.807) is 4.40 Å². The van der Waals surface area contributed by atoms with Crippen molar-refractivity contribution >= 4 is 17.4 Å². The van der Waals surface area contributed by atoms with Gasteiger partial charge in [0.1, 0.15) is 5.65 Å². The summed E-state index contributed by atoms with van der Waals surface area (Å²) in [5.74, 6) is 0.498. The molecule has 0 spiro atoms. The maximum Gasteiger partial charge on any atom is 0.417 e. The lowest BCUT2D eigenvalue weighted by Gasteiger charge is -2.23. The molecular formula is C20H24F3N3O. The van der Waals surface area contributed by atoms with Crippen LogP contribution in [-0.2, 0) is 11.0 Å². The Balaban J connectivity index is 1.75. The smallest absolute Gasteiger partial charge is 0.309 e. The van der Waals surface area contributed by atoms with Gasteiger partial charge in [0.25, 0.3) is 0 Å². The SMILES string of the molecule is O=C(Nc1nc2ccc(C(F)(F)F)cn2c1C1CCCCC1)C1CCCC1. The number of carbonyl (C=O) groups excluding carboxylic acids is 1. The third-order valence-corrected chi connectivity index (χ3v) is 5.94. The van der Waals surface area contributed by atoms with Gasteiger partial charge in [0.15, 0.2) is 5.82 Å². The molecule has 0 atom stereocenters. The van der Waals surface area contributed by atoms with Gasteiger partial charge in [0.05, 0.1) is 11.3 Å². The zero-order chi connectivity index (χ0) is 19.0. The van der Waals surface area contributed by atoms with E-state index in [1.165, 1.54) is 6.07 Å². The molecule has 146 valence electrons. The molecule has 2 aliphatic rings. The number of hydrogen-bond acceptors (Lipinski definition) is 2. The molecule has 27 heavy (non-hydrogen) atoms. The third-order valence-electron chi connectivity index (χ3n) is 5.94. The molecule has 1 amide bonds. The molecule has 2 aromatic rings. The molecule has 0 unspecified atom stereocenters. The second-order valence-electron chi connectivity index (χ2n) is 7.79. The van der Waals surface area contributed by atoms with Gasteiger partial charge >= 0.3 is 6.18 Å². The van der Waals surface area contributed by atoms with Crippen molar-refractivity contribution in [2.24, 2.45) is 5.92 Å². The molecule has 1 N–H and O–H groups in total. The molecule has 0 radical (unpaired) electrons. The van der Waals surface area contributed by atoms with E-state index in [9.17, 15) is 18.0 Å². The van der Waals surface area contributed by atoms with E-state index in [1.807, 2.05) is 0 Å². The Kier molecular flexibility index (Phi) is 4.86. The fourth-order valence-electron chi connectivity index (χ4n) is 4.50. The number of amides is 1. The first-order chi connectivity index (χ1) is 12.9. The standard InChI is InChI=1S/C20H24F3N3O/c21-20(22,23)15-10-11-16-24-18(25-19(27)14-8-4-5-9-14)17(26(16)12-15)13-6-2-1-3-7-13/h10-14H,1-9H2,(H,25,27). The maximum absolute atomic E-state index is 13.2. The Labute approximate surface area is 156 Å². The summed E-state index contributed by atoms with van der Waals surface area (Å²) in [5, 5.41) is 2.95. The minimum Gasteiger partial charge on any atom is -0.309 e. The van der Waals surface area contributed by atoms with Gasteiger partial charge in [-0.3, -0.25) is 4.79 Å². The minimum atomic E-state index is -4.41. The lowest BCUT2D eigenvalue weighted by molar-refractivity contribution is -0.137. The van der Waals surface area contributed by atoms with Crippen LogP contribution >= 0.6 is 0 Å². The number of alkyl halides is 3. The molecule has 7 heteroatoms. The molecule has 2 fully saturated rings. The van der Waals surface area contributed by atoms with E-state index in [4.69, 9.17) is 0 Å². The minimum absolute atomic E-state index is 0.0141. The number of imidazole rings is 1. The van der Waals surface area contributed by atoms with Crippen LogP contribution in [0.15, 0.2) is 18.3 Å². The van der Waals surface area contributed by atoms with Crippen LogP contribution in [0.25, 0.3) is 5.65 Å². The van der Waals surface area contributed by atoms with E-state index in [2.05, 4.69) is 10.3 Å². The summed E-state index contributed by atoms with van der Waals surface area (Å²) >= 11 is 0. The number of nitrogens with zero attached hydrogens (tertiary/aromatic N) is 2.